The summed E-state index contributed by atoms with van der Waals surface area (Å²) in [4.78, 5) is 45.8. The van der Waals surface area contributed by atoms with E-state index in [1.165, 1.54) is 16.2 Å². The predicted molar refractivity (Wildman–Crippen MR) is 131 cm³/mol. The summed E-state index contributed by atoms with van der Waals surface area (Å²) in [6.45, 7) is 9.18. The highest BCUT2D eigenvalue weighted by atomic mass is 32.1. The maximum absolute atomic E-state index is 12.9. The number of carbonyl (C=O) groups is 3. The van der Waals surface area contributed by atoms with Gasteiger partial charge in [-0.15, -0.1) is 11.3 Å². The molecule has 180 valence electrons. The molecule has 0 spiro atoms. The van der Waals surface area contributed by atoms with E-state index in [0.29, 0.717) is 22.1 Å². The molecule has 8 nitrogen and oxygen atoms in total. The van der Waals surface area contributed by atoms with Crippen LogP contribution in [0.15, 0.2) is 29.6 Å². The zero-order valence-electron chi connectivity index (χ0n) is 20.1. The number of carbonyl (C=O) groups excluding carboxylic acids is 3. The van der Waals surface area contributed by atoms with Crippen LogP contribution in [0.4, 0.5) is 5.13 Å². The summed E-state index contributed by atoms with van der Waals surface area (Å²) in [6.07, 6.45) is 2.03. The molecule has 0 aliphatic carbocycles. The molecule has 1 heterocycles. The summed E-state index contributed by atoms with van der Waals surface area (Å²) >= 11 is 1.27. The number of amides is 3. The van der Waals surface area contributed by atoms with Gasteiger partial charge in [0.05, 0.1) is 19.2 Å². The van der Waals surface area contributed by atoms with Crippen LogP contribution in [0.25, 0.3) is 0 Å². The van der Waals surface area contributed by atoms with Crippen molar-refractivity contribution in [2.75, 3.05) is 32.1 Å². The lowest BCUT2D eigenvalue weighted by molar-refractivity contribution is -0.130. The highest BCUT2D eigenvalue weighted by molar-refractivity contribution is 7.13. The molecule has 9 heteroatoms. The molecule has 1 N–H and O–H groups in total. The first-order chi connectivity index (χ1) is 15.8. The van der Waals surface area contributed by atoms with Crippen molar-refractivity contribution in [2.24, 2.45) is 0 Å². The van der Waals surface area contributed by atoms with Gasteiger partial charge in [0.25, 0.3) is 5.91 Å². The second kappa shape index (κ2) is 12.9. The van der Waals surface area contributed by atoms with Crippen LogP contribution in [0, 0.1) is 0 Å². The number of thiazole rings is 1. The number of hydrogen-bond acceptors (Lipinski definition) is 6. The van der Waals surface area contributed by atoms with Crippen molar-refractivity contribution in [2.45, 2.75) is 53.0 Å². The Bertz CT molecular complexity index is 921. The van der Waals surface area contributed by atoms with Gasteiger partial charge in [0.15, 0.2) is 5.13 Å². The Balaban J connectivity index is 1.98. The monoisotopic (exact) mass is 474 g/mol. The van der Waals surface area contributed by atoms with E-state index in [2.05, 4.69) is 10.3 Å². The van der Waals surface area contributed by atoms with Crippen LogP contribution in [-0.2, 0) is 16.0 Å². The van der Waals surface area contributed by atoms with Crippen LogP contribution in [0.5, 0.6) is 5.75 Å². The summed E-state index contributed by atoms with van der Waals surface area (Å²) in [6, 6.07) is 6.62. The summed E-state index contributed by atoms with van der Waals surface area (Å²) in [5, 5.41) is 4.96. The topological polar surface area (TPSA) is 91.8 Å². The third kappa shape index (κ3) is 7.85. The minimum atomic E-state index is -0.337. The van der Waals surface area contributed by atoms with Crippen LogP contribution < -0.4 is 10.1 Å². The van der Waals surface area contributed by atoms with Gasteiger partial charge in [-0.1, -0.05) is 13.8 Å². The summed E-state index contributed by atoms with van der Waals surface area (Å²) < 4.78 is 5.13. The lowest BCUT2D eigenvalue weighted by Gasteiger charge is -2.26. The van der Waals surface area contributed by atoms with E-state index in [4.69, 9.17) is 4.74 Å². The molecular formula is C24H34N4O4S. The van der Waals surface area contributed by atoms with Gasteiger partial charge < -0.3 is 19.9 Å². The standard InChI is InChI=1S/C24H34N4O4S/c1-6-12-27(13-7-2)22(30)14-19-16-33-24(25-19)26-21(29)15-28(17(3)4)23(31)18-8-10-20(32-5)11-9-18/h8-11,16-17H,6-7,12-15H2,1-5H3,(H,25,26,29). The van der Waals surface area contributed by atoms with Crippen LogP contribution in [0.3, 0.4) is 0 Å². The van der Waals surface area contributed by atoms with Crippen molar-refractivity contribution in [3.63, 3.8) is 0 Å². The van der Waals surface area contributed by atoms with Crippen LogP contribution >= 0.6 is 11.3 Å². The van der Waals surface area contributed by atoms with E-state index in [0.717, 1.165) is 25.9 Å². The largest absolute Gasteiger partial charge is 0.497 e. The molecule has 0 fully saturated rings. The number of nitrogens with one attached hydrogen (secondary N) is 1. The molecule has 2 rings (SSSR count). The SMILES string of the molecule is CCCN(CCC)C(=O)Cc1csc(NC(=O)CN(C(=O)c2ccc(OC)cc2)C(C)C)n1. The Morgan fingerprint density at radius 1 is 1.09 bits per heavy atom. The molecule has 1 aromatic carbocycles. The van der Waals surface area contributed by atoms with E-state index < -0.39 is 0 Å². The average Bonchev–Trinajstić information content (AvgIpc) is 3.23. The predicted octanol–water partition coefficient (Wildman–Crippen LogP) is 3.83. The minimum absolute atomic E-state index is 0.0398. The van der Waals surface area contributed by atoms with Gasteiger partial charge in [0.1, 0.15) is 12.3 Å². The maximum atomic E-state index is 12.9. The molecule has 0 bridgehead atoms. The summed E-state index contributed by atoms with van der Waals surface area (Å²) in [7, 11) is 1.56. The third-order valence-corrected chi connectivity index (χ3v) is 5.81. The Labute approximate surface area is 199 Å². The summed E-state index contributed by atoms with van der Waals surface area (Å²) in [5.74, 6) is 0.125. The van der Waals surface area contributed by atoms with Gasteiger partial charge in [-0.25, -0.2) is 4.98 Å². The number of anilines is 1. The van der Waals surface area contributed by atoms with Crippen LogP contribution in [-0.4, -0.2) is 65.3 Å². The van der Waals surface area contributed by atoms with Crippen molar-refractivity contribution in [1.29, 1.82) is 0 Å². The molecule has 0 atom stereocenters. The second-order valence-electron chi connectivity index (χ2n) is 8.01. The average molecular weight is 475 g/mol. The highest BCUT2D eigenvalue weighted by Gasteiger charge is 2.22. The molecule has 0 unspecified atom stereocenters. The second-order valence-corrected chi connectivity index (χ2v) is 8.86. The molecule has 2 aromatic rings. The van der Waals surface area contributed by atoms with Crippen molar-refractivity contribution >= 4 is 34.2 Å². The number of benzene rings is 1. The lowest BCUT2D eigenvalue weighted by Crippen LogP contribution is -2.42. The van der Waals surface area contributed by atoms with E-state index in [1.807, 2.05) is 32.6 Å². The molecule has 33 heavy (non-hydrogen) atoms. The zero-order valence-corrected chi connectivity index (χ0v) is 20.9. The van der Waals surface area contributed by atoms with Crippen LogP contribution in [0.1, 0.15) is 56.6 Å². The normalized spacial score (nSPS) is 10.7. The smallest absolute Gasteiger partial charge is 0.254 e. The molecule has 0 saturated carbocycles. The fourth-order valence-corrected chi connectivity index (χ4v) is 4.04. The number of hydrogen-bond donors (Lipinski definition) is 1. The Hall–Kier alpha value is -2.94. The van der Waals surface area contributed by atoms with Crippen molar-refractivity contribution in [3.05, 3.63) is 40.9 Å². The maximum Gasteiger partial charge on any atom is 0.254 e. The van der Waals surface area contributed by atoms with E-state index >= 15 is 0 Å². The Morgan fingerprint density at radius 3 is 2.27 bits per heavy atom. The Morgan fingerprint density at radius 2 is 1.73 bits per heavy atom. The zero-order chi connectivity index (χ0) is 24.4. The van der Waals surface area contributed by atoms with Crippen molar-refractivity contribution < 1.29 is 19.1 Å². The lowest BCUT2D eigenvalue weighted by atomic mass is 10.1. The molecule has 0 aliphatic rings. The number of ether oxygens (including phenoxy) is 1. The van der Waals surface area contributed by atoms with E-state index in [-0.39, 0.29) is 36.7 Å². The van der Waals surface area contributed by atoms with Gasteiger partial charge >= 0.3 is 0 Å². The number of rotatable bonds is 12. The van der Waals surface area contributed by atoms with Gasteiger partial charge in [-0.2, -0.15) is 0 Å². The van der Waals surface area contributed by atoms with Crippen LogP contribution in [0.2, 0.25) is 0 Å². The fraction of sp³-hybridized carbons (Fsp3) is 0.500. The first-order valence-electron chi connectivity index (χ1n) is 11.3. The van der Waals surface area contributed by atoms with Gasteiger partial charge in [-0.05, 0) is 51.0 Å². The quantitative estimate of drug-likeness (QED) is 0.505. The first kappa shape index (κ1) is 26.3. The molecule has 1 aromatic heterocycles. The highest BCUT2D eigenvalue weighted by Crippen LogP contribution is 2.18. The van der Waals surface area contributed by atoms with Gasteiger partial charge in [-0.3, -0.25) is 14.4 Å². The molecule has 0 radical (unpaired) electrons. The summed E-state index contributed by atoms with van der Waals surface area (Å²) in [5.41, 5.74) is 1.11. The number of nitrogens with zero attached hydrogens (tertiary/aromatic N) is 3. The molecule has 0 aliphatic heterocycles. The van der Waals surface area contributed by atoms with Gasteiger partial charge in [0, 0.05) is 30.1 Å². The Kier molecular flexibility index (Phi) is 10.3. The molecule has 3 amide bonds. The van der Waals surface area contributed by atoms with E-state index in [9.17, 15) is 14.4 Å². The van der Waals surface area contributed by atoms with Gasteiger partial charge in [0.2, 0.25) is 11.8 Å². The van der Waals surface area contributed by atoms with Crippen molar-refractivity contribution in [1.82, 2.24) is 14.8 Å². The first-order valence-corrected chi connectivity index (χ1v) is 12.1. The number of methoxy groups -OCH3 is 1. The fourth-order valence-electron chi connectivity index (χ4n) is 3.32. The molecular weight excluding hydrogens is 440 g/mol. The number of aromatic nitrogens is 1. The molecule has 0 saturated heterocycles. The third-order valence-electron chi connectivity index (χ3n) is 5.01. The minimum Gasteiger partial charge on any atom is -0.497 e. The van der Waals surface area contributed by atoms with E-state index in [1.54, 1.807) is 36.8 Å². The van der Waals surface area contributed by atoms with Crippen molar-refractivity contribution in [3.8, 4) is 5.75 Å².